The van der Waals surface area contributed by atoms with Crippen LogP contribution in [-0.2, 0) is 11.4 Å². The molecule has 0 spiro atoms. The van der Waals surface area contributed by atoms with E-state index in [9.17, 15) is 4.79 Å². The number of anilines is 1. The topological polar surface area (TPSA) is 41.9 Å². The number of hydrogen-bond donors (Lipinski definition) is 0. The summed E-state index contributed by atoms with van der Waals surface area (Å²) in [6.45, 7) is 0.431. The van der Waals surface area contributed by atoms with Crippen LogP contribution in [0.2, 0.25) is 5.02 Å². The molecule has 0 N–H and O–H groups in total. The van der Waals surface area contributed by atoms with E-state index in [2.05, 4.69) is 0 Å². The van der Waals surface area contributed by atoms with E-state index in [1.54, 1.807) is 4.90 Å². The third kappa shape index (κ3) is 5.65. The second-order valence-electron chi connectivity index (χ2n) is 7.80. The summed E-state index contributed by atoms with van der Waals surface area (Å²) >= 11 is 7.32. The van der Waals surface area contributed by atoms with Crippen LogP contribution < -0.4 is 9.64 Å². The molecule has 0 aliphatic carbocycles. The van der Waals surface area contributed by atoms with Gasteiger partial charge in [-0.2, -0.15) is 0 Å². The lowest BCUT2D eigenvalue weighted by molar-refractivity contribution is -0.113. The van der Waals surface area contributed by atoms with Crippen LogP contribution in [0.1, 0.15) is 11.1 Å². The van der Waals surface area contributed by atoms with E-state index in [0.29, 0.717) is 21.7 Å². The van der Waals surface area contributed by atoms with Crippen LogP contribution in [0.3, 0.4) is 0 Å². The Morgan fingerprint density at radius 3 is 2.31 bits per heavy atom. The second kappa shape index (κ2) is 10.6. The van der Waals surface area contributed by atoms with Crippen molar-refractivity contribution >= 4 is 51.9 Å². The van der Waals surface area contributed by atoms with Crippen molar-refractivity contribution in [2.45, 2.75) is 6.61 Å². The summed E-state index contributed by atoms with van der Waals surface area (Å²) in [6.07, 6.45) is 1.88. The van der Waals surface area contributed by atoms with Crippen LogP contribution in [0.25, 0.3) is 6.08 Å². The molecule has 1 aliphatic rings. The predicted octanol–water partition coefficient (Wildman–Crippen LogP) is 7.73. The number of carbonyl (C=O) groups excluding carboxylic acids is 1. The maximum atomic E-state index is 13.4. The first-order valence-electron chi connectivity index (χ1n) is 11.1. The van der Waals surface area contributed by atoms with E-state index in [1.807, 2.05) is 115 Å². The minimum atomic E-state index is -0.108. The van der Waals surface area contributed by atoms with E-state index >= 15 is 0 Å². The highest BCUT2D eigenvalue weighted by atomic mass is 35.5. The summed E-state index contributed by atoms with van der Waals surface area (Å²) in [5.41, 5.74) is 3.48. The van der Waals surface area contributed by atoms with E-state index in [0.717, 1.165) is 28.3 Å². The van der Waals surface area contributed by atoms with Gasteiger partial charge < -0.3 is 4.74 Å². The molecule has 4 aromatic carbocycles. The Morgan fingerprint density at radius 2 is 1.57 bits per heavy atom. The van der Waals surface area contributed by atoms with Crippen LogP contribution in [0, 0.1) is 0 Å². The Morgan fingerprint density at radius 1 is 0.857 bits per heavy atom. The van der Waals surface area contributed by atoms with Crippen molar-refractivity contribution in [2.75, 3.05) is 4.90 Å². The minimum absolute atomic E-state index is 0.108. The van der Waals surface area contributed by atoms with Gasteiger partial charge >= 0.3 is 0 Å². The van der Waals surface area contributed by atoms with Gasteiger partial charge in [0.25, 0.3) is 5.91 Å². The molecule has 1 fully saturated rings. The van der Waals surface area contributed by atoms with Gasteiger partial charge in [0.05, 0.1) is 16.3 Å². The number of carbonyl (C=O) groups is 1. The summed E-state index contributed by atoms with van der Waals surface area (Å²) in [5, 5.41) is 1.31. The van der Waals surface area contributed by atoms with Gasteiger partial charge in [-0.3, -0.25) is 9.69 Å². The molecule has 35 heavy (non-hydrogen) atoms. The standard InChI is InChI=1S/C29H21ClN2O2S/c30-23-16-14-21(15-17-23)20-34-26-13-7-8-22(18-26)19-27-28(33)32(25-11-5-2-6-12-25)29(35-27)31-24-9-3-1-4-10-24/h1-19H,20H2/b27-19-,31-29?. The highest BCUT2D eigenvalue weighted by molar-refractivity contribution is 8.19. The van der Waals surface area contributed by atoms with Crippen LogP contribution in [0.4, 0.5) is 11.4 Å². The smallest absolute Gasteiger partial charge is 0.271 e. The number of hydrogen-bond acceptors (Lipinski definition) is 4. The molecule has 1 amide bonds. The molecule has 0 aromatic heterocycles. The van der Waals surface area contributed by atoms with Crippen molar-refractivity contribution in [1.29, 1.82) is 0 Å². The lowest BCUT2D eigenvalue weighted by atomic mass is 10.2. The molecule has 4 nitrogen and oxygen atoms in total. The molecule has 0 unspecified atom stereocenters. The van der Waals surface area contributed by atoms with Crippen molar-refractivity contribution in [3.05, 3.63) is 130 Å². The summed E-state index contributed by atoms with van der Waals surface area (Å²) in [4.78, 5) is 20.5. The van der Waals surface area contributed by atoms with Crippen LogP contribution in [0.5, 0.6) is 5.75 Å². The zero-order valence-corrected chi connectivity index (χ0v) is 20.2. The molecule has 0 radical (unpaired) electrons. The predicted molar refractivity (Wildman–Crippen MR) is 145 cm³/mol. The van der Waals surface area contributed by atoms with Gasteiger partial charge in [-0.05, 0) is 77.5 Å². The molecule has 0 saturated carbocycles. The second-order valence-corrected chi connectivity index (χ2v) is 9.25. The zero-order valence-electron chi connectivity index (χ0n) is 18.7. The lowest BCUT2D eigenvalue weighted by Gasteiger charge is -2.15. The monoisotopic (exact) mass is 496 g/mol. The van der Waals surface area contributed by atoms with E-state index < -0.39 is 0 Å². The third-order valence-electron chi connectivity index (χ3n) is 5.28. The molecule has 0 bridgehead atoms. The highest BCUT2D eigenvalue weighted by Gasteiger charge is 2.34. The number of ether oxygens (including phenoxy) is 1. The fourth-order valence-electron chi connectivity index (χ4n) is 3.56. The van der Waals surface area contributed by atoms with Gasteiger partial charge in [0.2, 0.25) is 0 Å². The molecule has 6 heteroatoms. The van der Waals surface area contributed by atoms with Crippen LogP contribution in [-0.4, -0.2) is 11.1 Å². The number of rotatable bonds is 6. The maximum Gasteiger partial charge on any atom is 0.271 e. The summed E-state index contributed by atoms with van der Waals surface area (Å²) in [6, 6.07) is 34.5. The zero-order chi connectivity index (χ0) is 24.0. The van der Waals surface area contributed by atoms with Gasteiger partial charge in [0.1, 0.15) is 12.4 Å². The Bertz CT molecular complexity index is 1390. The Labute approximate surface area is 213 Å². The van der Waals surface area contributed by atoms with Gasteiger partial charge in [0.15, 0.2) is 5.17 Å². The molecule has 1 saturated heterocycles. The first kappa shape index (κ1) is 23.0. The molecule has 1 aliphatic heterocycles. The van der Waals surface area contributed by atoms with Crippen LogP contribution >= 0.6 is 23.4 Å². The number of para-hydroxylation sites is 2. The Balaban J connectivity index is 1.41. The fraction of sp³-hybridized carbons (Fsp3) is 0.0345. The summed E-state index contributed by atoms with van der Waals surface area (Å²) in [5.74, 6) is 0.617. The van der Waals surface area contributed by atoms with E-state index in [1.165, 1.54) is 11.8 Å². The highest BCUT2D eigenvalue weighted by Crippen LogP contribution is 2.37. The molecule has 1 heterocycles. The number of benzene rings is 4. The minimum Gasteiger partial charge on any atom is -0.489 e. The SMILES string of the molecule is O=C1/C(=C/c2cccc(OCc3ccc(Cl)cc3)c2)SC(=Nc2ccccc2)N1c1ccccc1. The number of amidine groups is 1. The van der Waals surface area contributed by atoms with E-state index in [4.69, 9.17) is 21.3 Å². The summed E-state index contributed by atoms with van der Waals surface area (Å²) in [7, 11) is 0. The molecular weight excluding hydrogens is 476 g/mol. The number of nitrogens with zero attached hydrogens (tertiary/aromatic N) is 2. The molecular formula is C29H21ClN2O2S. The average Bonchev–Trinajstić information content (AvgIpc) is 3.19. The van der Waals surface area contributed by atoms with Crippen molar-refractivity contribution < 1.29 is 9.53 Å². The van der Waals surface area contributed by atoms with Crippen molar-refractivity contribution in [3.8, 4) is 5.75 Å². The van der Waals surface area contributed by atoms with Crippen molar-refractivity contribution in [2.24, 2.45) is 4.99 Å². The maximum absolute atomic E-state index is 13.4. The average molecular weight is 497 g/mol. The van der Waals surface area contributed by atoms with Gasteiger partial charge in [-0.1, -0.05) is 72.3 Å². The normalized spacial score (nSPS) is 15.7. The van der Waals surface area contributed by atoms with Gasteiger partial charge in [-0.15, -0.1) is 0 Å². The quantitative estimate of drug-likeness (QED) is 0.256. The van der Waals surface area contributed by atoms with Gasteiger partial charge in [-0.25, -0.2) is 4.99 Å². The lowest BCUT2D eigenvalue weighted by Crippen LogP contribution is -2.28. The van der Waals surface area contributed by atoms with Crippen molar-refractivity contribution in [1.82, 2.24) is 0 Å². The molecule has 5 rings (SSSR count). The fourth-order valence-corrected chi connectivity index (χ4v) is 4.69. The van der Waals surface area contributed by atoms with Crippen molar-refractivity contribution in [3.63, 3.8) is 0 Å². The Kier molecular flexibility index (Phi) is 6.98. The number of aliphatic imine (C=N–C) groups is 1. The largest absolute Gasteiger partial charge is 0.489 e. The number of halogens is 1. The molecule has 4 aromatic rings. The number of amides is 1. The first-order chi connectivity index (χ1) is 17.2. The van der Waals surface area contributed by atoms with E-state index in [-0.39, 0.29) is 5.91 Å². The van der Waals surface area contributed by atoms with Crippen LogP contribution in [0.15, 0.2) is 119 Å². The third-order valence-corrected chi connectivity index (χ3v) is 6.50. The summed E-state index contributed by atoms with van der Waals surface area (Å²) < 4.78 is 5.96. The van der Waals surface area contributed by atoms with Gasteiger partial charge in [0, 0.05) is 5.02 Å². The molecule has 172 valence electrons. The Hall–Kier alpha value is -3.80. The first-order valence-corrected chi connectivity index (χ1v) is 12.3. The molecule has 0 atom stereocenters. The number of thioether (sulfide) groups is 1.